The summed E-state index contributed by atoms with van der Waals surface area (Å²) in [5, 5.41) is 16.5. The number of allylic oxidation sites excluding steroid dienone is 3. The third kappa shape index (κ3) is 4.66. The molecule has 182 valence electrons. The summed E-state index contributed by atoms with van der Waals surface area (Å²) in [5.74, 6) is -1.11. The number of ketones is 1. The molecule has 9 heteroatoms. The van der Waals surface area contributed by atoms with E-state index >= 15 is 0 Å². The minimum absolute atomic E-state index is 0.0302. The minimum Gasteiger partial charge on any atom is -0.459 e. The highest BCUT2D eigenvalue weighted by Gasteiger charge is 2.42. The lowest BCUT2D eigenvalue weighted by molar-refractivity contribution is -0.384. The monoisotopic (exact) mass is 494 g/mol. The van der Waals surface area contributed by atoms with Crippen LogP contribution in [0.15, 0.2) is 64.3 Å². The van der Waals surface area contributed by atoms with E-state index in [1.807, 2.05) is 24.4 Å². The molecular formula is C26H26N2O6S. The maximum Gasteiger partial charge on any atom is 0.336 e. The van der Waals surface area contributed by atoms with E-state index in [4.69, 9.17) is 9.47 Å². The lowest BCUT2D eigenvalue weighted by Gasteiger charge is -2.36. The normalized spacial score (nSPS) is 24.3. The van der Waals surface area contributed by atoms with Gasteiger partial charge >= 0.3 is 5.97 Å². The highest BCUT2D eigenvalue weighted by atomic mass is 32.1. The highest BCUT2D eigenvalue weighted by Crippen LogP contribution is 2.46. The number of thiophene rings is 1. The molecule has 1 aromatic heterocycles. The Morgan fingerprint density at radius 3 is 2.71 bits per heavy atom. The molecule has 0 bridgehead atoms. The van der Waals surface area contributed by atoms with Crippen molar-refractivity contribution in [3.63, 3.8) is 0 Å². The Bertz CT molecular complexity index is 1210. The molecule has 1 saturated heterocycles. The summed E-state index contributed by atoms with van der Waals surface area (Å²) in [6.07, 6.45) is 2.66. The first-order valence-electron chi connectivity index (χ1n) is 11.7. The molecule has 2 aromatic rings. The number of carbonyl (C=O) groups is 2. The second-order valence-corrected chi connectivity index (χ2v) is 10.1. The average molecular weight is 495 g/mol. The summed E-state index contributed by atoms with van der Waals surface area (Å²) in [7, 11) is 0. The predicted octanol–water partition coefficient (Wildman–Crippen LogP) is 4.74. The van der Waals surface area contributed by atoms with Crippen LogP contribution in [0.25, 0.3) is 0 Å². The summed E-state index contributed by atoms with van der Waals surface area (Å²) in [6, 6.07) is 10.1. The molecule has 2 aliphatic heterocycles. The fraction of sp³-hybridized carbons (Fsp3) is 0.385. The summed E-state index contributed by atoms with van der Waals surface area (Å²) in [4.78, 5) is 38.8. The van der Waals surface area contributed by atoms with Crippen molar-refractivity contribution in [2.45, 2.75) is 50.5 Å². The topological polar surface area (TPSA) is 108 Å². The van der Waals surface area contributed by atoms with E-state index in [-0.39, 0.29) is 30.1 Å². The van der Waals surface area contributed by atoms with Gasteiger partial charge in [-0.2, -0.15) is 0 Å². The zero-order chi connectivity index (χ0) is 24.5. The number of rotatable bonds is 6. The summed E-state index contributed by atoms with van der Waals surface area (Å²) >= 11 is 1.63. The number of non-ortho nitro benzene ring substituents is 1. The number of hydrogen-bond donors (Lipinski definition) is 1. The van der Waals surface area contributed by atoms with Crippen LogP contribution in [0.2, 0.25) is 0 Å². The standard InChI is InChI=1S/C26H26N2O6S/c1-15-23(26(30)34-14-19-4-2-10-33-19)24(16-6-8-18(9-7-16)28(31)32)25-20(27-15)12-17(13-21(25)29)22-5-3-11-35-22/h3,5-9,11,17,19,24,27H,2,4,10,12-14H2,1H3. The number of hydrogen-bond acceptors (Lipinski definition) is 8. The molecule has 3 unspecified atom stereocenters. The molecule has 1 aromatic carbocycles. The summed E-state index contributed by atoms with van der Waals surface area (Å²) in [5.41, 5.74) is 2.93. The van der Waals surface area contributed by atoms with Gasteiger partial charge < -0.3 is 14.8 Å². The van der Waals surface area contributed by atoms with Crippen LogP contribution in [0.5, 0.6) is 0 Å². The van der Waals surface area contributed by atoms with E-state index in [9.17, 15) is 19.7 Å². The van der Waals surface area contributed by atoms with Crippen LogP contribution in [-0.4, -0.2) is 36.0 Å². The molecule has 3 aliphatic rings. The maximum atomic E-state index is 13.5. The molecule has 3 heterocycles. The molecule has 5 rings (SSSR count). The van der Waals surface area contributed by atoms with Crippen molar-refractivity contribution in [3.05, 3.63) is 84.9 Å². The largest absolute Gasteiger partial charge is 0.459 e. The van der Waals surface area contributed by atoms with Gasteiger partial charge in [-0.3, -0.25) is 14.9 Å². The van der Waals surface area contributed by atoms with Crippen LogP contribution < -0.4 is 5.32 Å². The van der Waals surface area contributed by atoms with Gasteiger partial charge in [0.05, 0.1) is 16.6 Å². The van der Waals surface area contributed by atoms with Gasteiger partial charge in [-0.25, -0.2) is 4.79 Å². The third-order valence-electron chi connectivity index (χ3n) is 6.85. The van der Waals surface area contributed by atoms with Gasteiger partial charge in [0, 0.05) is 58.8 Å². The van der Waals surface area contributed by atoms with Gasteiger partial charge in [0.2, 0.25) is 0 Å². The molecule has 3 atom stereocenters. The number of dihydropyridines is 1. The SMILES string of the molecule is CC1=C(C(=O)OCC2CCCO2)C(c2ccc([N+](=O)[O-])cc2)C2=C(CC(c3cccs3)CC2=O)N1. The molecule has 1 fully saturated rings. The zero-order valence-corrected chi connectivity index (χ0v) is 20.1. The van der Waals surface area contributed by atoms with Gasteiger partial charge in [-0.1, -0.05) is 18.2 Å². The first kappa shape index (κ1) is 23.4. The van der Waals surface area contributed by atoms with E-state index in [0.717, 1.165) is 23.4 Å². The van der Waals surface area contributed by atoms with Gasteiger partial charge in [-0.05, 0) is 43.2 Å². The number of benzene rings is 1. The van der Waals surface area contributed by atoms with Crippen LogP contribution in [0.3, 0.4) is 0 Å². The van der Waals surface area contributed by atoms with Crippen LogP contribution in [-0.2, 0) is 19.1 Å². The molecule has 1 N–H and O–H groups in total. The number of Topliss-reactive ketones (excluding diaryl/α,β-unsaturated/α-hetero) is 1. The van der Waals surface area contributed by atoms with Gasteiger partial charge in [-0.15, -0.1) is 11.3 Å². The lowest BCUT2D eigenvalue weighted by Crippen LogP contribution is -2.36. The van der Waals surface area contributed by atoms with Crippen molar-refractivity contribution >= 4 is 28.8 Å². The summed E-state index contributed by atoms with van der Waals surface area (Å²) in [6.45, 7) is 2.63. The summed E-state index contributed by atoms with van der Waals surface area (Å²) < 4.78 is 11.2. The zero-order valence-electron chi connectivity index (χ0n) is 19.3. The number of ether oxygens (including phenoxy) is 2. The fourth-order valence-electron chi connectivity index (χ4n) is 5.18. The smallest absolute Gasteiger partial charge is 0.336 e. The third-order valence-corrected chi connectivity index (χ3v) is 7.89. The van der Waals surface area contributed by atoms with E-state index in [0.29, 0.717) is 41.9 Å². The molecule has 0 radical (unpaired) electrons. The van der Waals surface area contributed by atoms with Crippen molar-refractivity contribution < 1.29 is 24.0 Å². The van der Waals surface area contributed by atoms with Crippen molar-refractivity contribution in [1.82, 2.24) is 5.32 Å². The van der Waals surface area contributed by atoms with Crippen LogP contribution in [0.4, 0.5) is 5.69 Å². The number of nitro benzene ring substituents is 1. The van der Waals surface area contributed by atoms with Crippen molar-refractivity contribution in [2.24, 2.45) is 0 Å². The number of nitrogens with one attached hydrogen (secondary N) is 1. The number of carbonyl (C=O) groups excluding carboxylic acids is 2. The van der Waals surface area contributed by atoms with E-state index in [1.54, 1.807) is 23.5 Å². The molecule has 1 aliphatic carbocycles. The Morgan fingerprint density at radius 2 is 2.06 bits per heavy atom. The molecule has 35 heavy (non-hydrogen) atoms. The van der Waals surface area contributed by atoms with Crippen LogP contribution in [0.1, 0.15) is 54.9 Å². The van der Waals surface area contributed by atoms with Gasteiger partial charge in [0.25, 0.3) is 5.69 Å². The van der Waals surface area contributed by atoms with E-state index in [1.165, 1.54) is 12.1 Å². The van der Waals surface area contributed by atoms with Crippen molar-refractivity contribution in [3.8, 4) is 0 Å². The van der Waals surface area contributed by atoms with E-state index in [2.05, 4.69) is 5.32 Å². The van der Waals surface area contributed by atoms with Crippen molar-refractivity contribution in [2.75, 3.05) is 13.2 Å². The molecule has 0 amide bonds. The molecular weight excluding hydrogens is 468 g/mol. The van der Waals surface area contributed by atoms with Gasteiger partial charge in [0.15, 0.2) is 5.78 Å². The first-order valence-corrected chi connectivity index (χ1v) is 12.6. The Balaban J connectivity index is 1.51. The van der Waals surface area contributed by atoms with Gasteiger partial charge in [0.1, 0.15) is 6.61 Å². The fourth-order valence-corrected chi connectivity index (χ4v) is 6.01. The maximum absolute atomic E-state index is 13.5. The number of nitrogens with zero attached hydrogens (tertiary/aromatic N) is 1. The van der Waals surface area contributed by atoms with Crippen LogP contribution >= 0.6 is 11.3 Å². The Kier molecular flexibility index (Phi) is 6.53. The molecule has 0 spiro atoms. The number of nitro groups is 1. The first-order chi connectivity index (χ1) is 16.9. The van der Waals surface area contributed by atoms with Crippen molar-refractivity contribution in [1.29, 1.82) is 0 Å². The Hall–Kier alpha value is -3.30. The molecule has 0 saturated carbocycles. The molecule has 8 nitrogen and oxygen atoms in total. The predicted molar refractivity (Wildman–Crippen MR) is 130 cm³/mol. The minimum atomic E-state index is -0.652. The average Bonchev–Trinajstić information content (AvgIpc) is 3.56. The second-order valence-electron chi connectivity index (χ2n) is 9.11. The lowest BCUT2D eigenvalue weighted by atomic mass is 9.72. The van der Waals surface area contributed by atoms with Crippen LogP contribution in [0, 0.1) is 10.1 Å². The second kappa shape index (κ2) is 9.75. The quantitative estimate of drug-likeness (QED) is 0.351. The number of esters is 1. The van der Waals surface area contributed by atoms with E-state index < -0.39 is 16.8 Å². The Morgan fingerprint density at radius 1 is 1.26 bits per heavy atom. The highest BCUT2D eigenvalue weighted by molar-refractivity contribution is 7.10. The Labute approximate surface area is 206 Å².